The zero-order valence-corrected chi connectivity index (χ0v) is 15.7. The molecule has 0 aliphatic heterocycles. The van der Waals surface area contributed by atoms with Gasteiger partial charge in [0.15, 0.2) is 5.58 Å². The summed E-state index contributed by atoms with van der Waals surface area (Å²) < 4.78 is 7.06. The number of carbonyl (C=O) groups is 1. The molecule has 0 spiro atoms. The molecule has 4 aromatic rings. The standard InChI is InChI=1S/C18H14N6O4S/c25-17(19-12-5-7-14(8-6-12)24(26)27)10-23-9-13(21-22-23)11-29-18-20-15-3-1-2-4-16(15)28-18/h1-9H,10-11H2,(H,19,25). The molecule has 0 saturated carbocycles. The molecular weight excluding hydrogens is 396 g/mol. The van der Waals surface area contributed by atoms with Gasteiger partial charge in [-0.1, -0.05) is 29.1 Å². The fraction of sp³-hybridized carbons (Fsp3) is 0.111. The van der Waals surface area contributed by atoms with Crippen molar-refractivity contribution in [3.63, 3.8) is 0 Å². The number of nitro groups is 1. The minimum absolute atomic E-state index is 0.0302. The van der Waals surface area contributed by atoms with Gasteiger partial charge in [-0.25, -0.2) is 9.67 Å². The molecular formula is C18H14N6O4S. The van der Waals surface area contributed by atoms with E-state index in [1.807, 2.05) is 24.3 Å². The Hall–Kier alpha value is -3.73. The fourth-order valence-corrected chi connectivity index (χ4v) is 3.26. The van der Waals surface area contributed by atoms with Crippen molar-refractivity contribution in [1.82, 2.24) is 20.0 Å². The van der Waals surface area contributed by atoms with Crippen molar-refractivity contribution in [2.75, 3.05) is 5.32 Å². The first-order chi connectivity index (χ1) is 14.1. The summed E-state index contributed by atoms with van der Waals surface area (Å²) in [5.74, 6) is 0.179. The highest BCUT2D eigenvalue weighted by Crippen LogP contribution is 2.25. The number of non-ortho nitro benzene ring substituents is 1. The molecule has 0 radical (unpaired) electrons. The number of para-hydroxylation sites is 2. The average molecular weight is 410 g/mol. The Labute approximate surface area is 168 Å². The number of nitro benzene ring substituents is 1. The van der Waals surface area contributed by atoms with Gasteiger partial charge >= 0.3 is 0 Å². The van der Waals surface area contributed by atoms with Gasteiger partial charge in [0.25, 0.3) is 10.9 Å². The third-order valence-electron chi connectivity index (χ3n) is 3.87. The Balaban J connectivity index is 1.31. The number of aromatic nitrogens is 4. The molecule has 146 valence electrons. The molecule has 1 N–H and O–H groups in total. The Bertz CT molecular complexity index is 1140. The van der Waals surface area contributed by atoms with E-state index < -0.39 is 4.92 Å². The third kappa shape index (κ3) is 4.58. The molecule has 2 aromatic heterocycles. The minimum Gasteiger partial charge on any atom is -0.431 e. The topological polar surface area (TPSA) is 129 Å². The molecule has 4 rings (SSSR count). The second kappa shape index (κ2) is 8.10. The number of hydrogen-bond donors (Lipinski definition) is 1. The summed E-state index contributed by atoms with van der Waals surface area (Å²) in [4.78, 5) is 26.7. The van der Waals surface area contributed by atoms with E-state index in [0.29, 0.717) is 22.4 Å². The molecule has 0 atom stereocenters. The molecule has 1 amide bonds. The molecule has 0 bridgehead atoms. The molecule has 0 aliphatic rings. The number of nitrogens with zero attached hydrogens (tertiary/aromatic N) is 5. The van der Waals surface area contributed by atoms with Crippen molar-refractivity contribution in [3.05, 3.63) is 70.5 Å². The fourth-order valence-electron chi connectivity index (χ4n) is 2.54. The number of thioether (sulfide) groups is 1. The lowest BCUT2D eigenvalue weighted by Gasteiger charge is -2.04. The lowest BCUT2D eigenvalue weighted by Crippen LogP contribution is -2.19. The molecule has 11 heteroatoms. The number of rotatable bonds is 7. The summed E-state index contributed by atoms with van der Waals surface area (Å²) in [7, 11) is 0. The predicted molar refractivity (Wildman–Crippen MR) is 105 cm³/mol. The summed E-state index contributed by atoms with van der Waals surface area (Å²) in [6.45, 7) is -0.0302. The van der Waals surface area contributed by atoms with Crippen molar-refractivity contribution in [3.8, 4) is 0 Å². The van der Waals surface area contributed by atoms with Crippen LogP contribution in [0.25, 0.3) is 11.1 Å². The van der Waals surface area contributed by atoms with Crippen LogP contribution in [0.1, 0.15) is 5.69 Å². The monoisotopic (exact) mass is 410 g/mol. The van der Waals surface area contributed by atoms with E-state index in [0.717, 1.165) is 11.1 Å². The van der Waals surface area contributed by atoms with Gasteiger partial charge in [0, 0.05) is 29.8 Å². The van der Waals surface area contributed by atoms with E-state index >= 15 is 0 Å². The smallest absolute Gasteiger partial charge is 0.269 e. The summed E-state index contributed by atoms with van der Waals surface area (Å²) in [6.07, 6.45) is 1.67. The van der Waals surface area contributed by atoms with Gasteiger partial charge in [-0.15, -0.1) is 5.10 Å². The van der Waals surface area contributed by atoms with Crippen LogP contribution in [0.4, 0.5) is 11.4 Å². The largest absolute Gasteiger partial charge is 0.431 e. The Morgan fingerprint density at radius 2 is 2.00 bits per heavy atom. The molecule has 10 nitrogen and oxygen atoms in total. The normalized spacial score (nSPS) is 10.9. The predicted octanol–water partition coefficient (Wildman–Crippen LogP) is 3.26. The Morgan fingerprint density at radius 1 is 1.21 bits per heavy atom. The van der Waals surface area contributed by atoms with Crippen molar-refractivity contribution in [2.45, 2.75) is 17.5 Å². The van der Waals surface area contributed by atoms with Crippen LogP contribution in [0.15, 0.2) is 64.4 Å². The van der Waals surface area contributed by atoms with Crippen molar-refractivity contribution >= 4 is 40.1 Å². The highest BCUT2D eigenvalue weighted by Gasteiger charge is 2.11. The molecule has 2 aromatic carbocycles. The number of benzene rings is 2. The van der Waals surface area contributed by atoms with E-state index in [-0.39, 0.29) is 18.1 Å². The van der Waals surface area contributed by atoms with Crippen LogP contribution in [0.2, 0.25) is 0 Å². The van der Waals surface area contributed by atoms with Crippen LogP contribution in [-0.2, 0) is 17.1 Å². The average Bonchev–Trinajstić information content (AvgIpc) is 3.32. The number of oxazole rings is 1. The highest BCUT2D eigenvalue weighted by atomic mass is 32.2. The summed E-state index contributed by atoms with van der Waals surface area (Å²) in [5.41, 5.74) is 2.62. The maximum atomic E-state index is 12.1. The second-order valence-electron chi connectivity index (χ2n) is 6.00. The molecule has 0 unspecified atom stereocenters. The quantitative estimate of drug-likeness (QED) is 0.279. The number of anilines is 1. The van der Waals surface area contributed by atoms with Gasteiger partial charge in [0.1, 0.15) is 12.1 Å². The third-order valence-corrected chi connectivity index (χ3v) is 4.73. The Kier molecular flexibility index (Phi) is 5.20. The zero-order valence-electron chi connectivity index (χ0n) is 14.9. The first-order valence-electron chi connectivity index (χ1n) is 8.48. The number of amides is 1. The second-order valence-corrected chi connectivity index (χ2v) is 6.92. The van der Waals surface area contributed by atoms with Crippen molar-refractivity contribution < 1.29 is 14.1 Å². The molecule has 2 heterocycles. The maximum Gasteiger partial charge on any atom is 0.269 e. The van der Waals surface area contributed by atoms with Crippen LogP contribution in [0, 0.1) is 10.1 Å². The van der Waals surface area contributed by atoms with E-state index in [4.69, 9.17) is 4.42 Å². The molecule has 0 aliphatic carbocycles. The molecule has 29 heavy (non-hydrogen) atoms. The summed E-state index contributed by atoms with van der Waals surface area (Å²) in [5, 5.41) is 21.8. The zero-order chi connectivity index (χ0) is 20.2. The number of carbonyl (C=O) groups excluding carboxylic acids is 1. The number of nitrogens with one attached hydrogen (secondary N) is 1. The van der Waals surface area contributed by atoms with E-state index in [9.17, 15) is 14.9 Å². The summed E-state index contributed by atoms with van der Waals surface area (Å²) in [6, 6.07) is 13.1. The van der Waals surface area contributed by atoms with Gasteiger partial charge in [-0.05, 0) is 24.3 Å². The van der Waals surface area contributed by atoms with Crippen molar-refractivity contribution in [1.29, 1.82) is 0 Å². The van der Waals surface area contributed by atoms with Gasteiger partial charge in [0.2, 0.25) is 5.91 Å². The van der Waals surface area contributed by atoms with Crippen LogP contribution in [0.5, 0.6) is 0 Å². The van der Waals surface area contributed by atoms with Crippen LogP contribution in [-0.4, -0.2) is 30.8 Å². The maximum absolute atomic E-state index is 12.1. The van der Waals surface area contributed by atoms with E-state index in [2.05, 4.69) is 20.6 Å². The van der Waals surface area contributed by atoms with Gasteiger partial charge < -0.3 is 9.73 Å². The summed E-state index contributed by atoms with van der Waals surface area (Å²) >= 11 is 1.39. The lowest BCUT2D eigenvalue weighted by atomic mass is 10.3. The van der Waals surface area contributed by atoms with Gasteiger partial charge in [0.05, 0.1) is 10.6 Å². The Morgan fingerprint density at radius 3 is 2.76 bits per heavy atom. The van der Waals surface area contributed by atoms with Crippen LogP contribution >= 0.6 is 11.8 Å². The molecule has 0 fully saturated rings. The van der Waals surface area contributed by atoms with Crippen molar-refractivity contribution in [2.24, 2.45) is 0 Å². The van der Waals surface area contributed by atoms with Crippen LogP contribution in [0.3, 0.4) is 0 Å². The lowest BCUT2D eigenvalue weighted by molar-refractivity contribution is -0.384. The first kappa shape index (κ1) is 18.6. The number of hydrogen-bond acceptors (Lipinski definition) is 8. The number of fused-ring (bicyclic) bond motifs is 1. The minimum atomic E-state index is -0.499. The van der Waals surface area contributed by atoms with Gasteiger partial charge in [-0.2, -0.15) is 0 Å². The van der Waals surface area contributed by atoms with E-state index in [1.54, 1.807) is 6.20 Å². The van der Waals surface area contributed by atoms with Gasteiger partial charge in [-0.3, -0.25) is 14.9 Å². The molecule has 0 saturated heterocycles. The first-order valence-corrected chi connectivity index (χ1v) is 9.47. The van der Waals surface area contributed by atoms with Crippen LogP contribution < -0.4 is 5.32 Å². The van der Waals surface area contributed by atoms with E-state index in [1.165, 1.54) is 40.7 Å². The SMILES string of the molecule is O=C(Cn1cc(CSc2nc3ccccc3o2)nn1)Nc1ccc([N+](=O)[O-])cc1. The highest BCUT2D eigenvalue weighted by molar-refractivity contribution is 7.98.